The molecule has 2 heterocycles. The van der Waals surface area contributed by atoms with Gasteiger partial charge in [-0.1, -0.05) is 39.8 Å². The van der Waals surface area contributed by atoms with E-state index in [4.69, 9.17) is 9.47 Å². The Hall–Kier alpha value is -3.21. The van der Waals surface area contributed by atoms with Gasteiger partial charge >= 0.3 is 0 Å². The maximum atomic E-state index is 13.6. The smallest absolute Gasteiger partial charge is 0.163 e. The van der Waals surface area contributed by atoms with Crippen LogP contribution in [0.3, 0.4) is 0 Å². The van der Waals surface area contributed by atoms with Crippen LogP contribution in [0.25, 0.3) is 11.1 Å². The second-order valence-electron chi connectivity index (χ2n) is 11.3. The van der Waals surface area contributed by atoms with Gasteiger partial charge in [-0.3, -0.25) is 14.6 Å². The summed E-state index contributed by atoms with van der Waals surface area (Å²) in [5, 5.41) is 0. The molecule has 1 aromatic heterocycles. The van der Waals surface area contributed by atoms with Crippen LogP contribution >= 0.6 is 0 Å². The van der Waals surface area contributed by atoms with Gasteiger partial charge in [0, 0.05) is 60.4 Å². The molecule has 0 N–H and O–H groups in total. The van der Waals surface area contributed by atoms with E-state index in [1.165, 1.54) is 0 Å². The first-order chi connectivity index (χ1) is 16.1. The highest BCUT2D eigenvalue weighted by Crippen LogP contribution is 2.54. The van der Waals surface area contributed by atoms with Gasteiger partial charge in [-0.15, -0.1) is 0 Å². The molecule has 5 rings (SSSR count). The highest BCUT2D eigenvalue weighted by Gasteiger charge is 2.48. The monoisotopic (exact) mass is 457 g/mol. The normalized spacial score (nSPS) is 21.7. The van der Waals surface area contributed by atoms with Crippen LogP contribution in [0, 0.1) is 10.8 Å². The lowest BCUT2D eigenvalue weighted by Gasteiger charge is -2.43. The molecular formula is C29H31NO4. The summed E-state index contributed by atoms with van der Waals surface area (Å²) in [7, 11) is 1.63. The first kappa shape index (κ1) is 22.6. The number of ether oxygens (including phenoxy) is 2. The van der Waals surface area contributed by atoms with Crippen molar-refractivity contribution in [1.82, 2.24) is 4.98 Å². The third-order valence-electron chi connectivity index (χ3n) is 7.12. The Labute approximate surface area is 200 Å². The van der Waals surface area contributed by atoms with E-state index >= 15 is 0 Å². The minimum Gasteiger partial charge on any atom is -0.496 e. The molecular weight excluding hydrogens is 426 g/mol. The SMILES string of the molecule is COc1ccc(-c2cccnc2)cc1C1C2=C(CC(C)(C)CC2=O)OC2=C1C(=O)CC(C)(C)C2. The number of nitrogens with zero attached hydrogens (tertiary/aromatic N) is 1. The lowest BCUT2D eigenvalue weighted by atomic mass is 9.65. The number of carbonyl (C=O) groups excluding carboxylic acids is 2. The molecule has 0 saturated carbocycles. The van der Waals surface area contributed by atoms with Gasteiger partial charge in [0.15, 0.2) is 11.6 Å². The van der Waals surface area contributed by atoms with Crippen LogP contribution in [0.15, 0.2) is 65.4 Å². The molecule has 0 bridgehead atoms. The Morgan fingerprint density at radius 3 is 2.03 bits per heavy atom. The van der Waals surface area contributed by atoms with Crippen LogP contribution < -0.4 is 4.74 Å². The average Bonchev–Trinajstić information content (AvgIpc) is 2.76. The number of Topliss-reactive ketones (excluding diaryl/α,β-unsaturated/α-hetero) is 2. The fourth-order valence-corrected chi connectivity index (χ4v) is 5.66. The summed E-state index contributed by atoms with van der Waals surface area (Å²) in [5.41, 5.74) is 3.62. The van der Waals surface area contributed by atoms with Gasteiger partial charge < -0.3 is 9.47 Å². The van der Waals surface area contributed by atoms with E-state index in [1.807, 2.05) is 36.5 Å². The molecule has 176 valence electrons. The van der Waals surface area contributed by atoms with Crippen molar-refractivity contribution in [2.45, 2.75) is 59.3 Å². The van der Waals surface area contributed by atoms with Gasteiger partial charge in [-0.25, -0.2) is 0 Å². The molecule has 0 unspecified atom stereocenters. The Morgan fingerprint density at radius 1 is 0.882 bits per heavy atom. The second-order valence-corrected chi connectivity index (χ2v) is 11.3. The standard InChI is InChI=1S/C29H31NO4/c1-28(2)12-20(31)26-23(14-28)34-24-15-29(3,4)13-21(32)27(24)25(26)19-11-17(8-9-22(19)33-5)18-7-6-10-30-16-18/h6-11,16,25H,12-15H2,1-5H3. The molecule has 1 aromatic carbocycles. The molecule has 2 aromatic rings. The molecule has 5 nitrogen and oxygen atoms in total. The molecule has 0 spiro atoms. The topological polar surface area (TPSA) is 65.5 Å². The van der Waals surface area contributed by atoms with Gasteiger partial charge in [-0.05, 0) is 34.6 Å². The zero-order valence-corrected chi connectivity index (χ0v) is 20.5. The summed E-state index contributed by atoms with van der Waals surface area (Å²) in [4.78, 5) is 31.4. The number of hydrogen-bond donors (Lipinski definition) is 0. The molecule has 5 heteroatoms. The fraction of sp³-hybridized carbons (Fsp3) is 0.414. The lowest BCUT2D eigenvalue weighted by Crippen LogP contribution is -2.37. The predicted octanol–water partition coefficient (Wildman–Crippen LogP) is 6.16. The fourth-order valence-electron chi connectivity index (χ4n) is 5.66. The molecule has 0 saturated heterocycles. The highest BCUT2D eigenvalue weighted by molar-refractivity contribution is 6.06. The molecule has 0 atom stereocenters. The first-order valence-electron chi connectivity index (χ1n) is 11.9. The van der Waals surface area contributed by atoms with Crippen molar-refractivity contribution in [3.05, 3.63) is 71.0 Å². The van der Waals surface area contributed by atoms with Crippen molar-refractivity contribution in [3.8, 4) is 16.9 Å². The van der Waals surface area contributed by atoms with Gasteiger partial charge in [0.2, 0.25) is 0 Å². The minimum absolute atomic E-state index is 0.0502. The maximum Gasteiger partial charge on any atom is 0.163 e. The Balaban J connectivity index is 1.75. The molecule has 34 heavy (non-hydrogen) atoms. The van der Waals surface area contributed by atoms with Gasteiger partial charge in [0.25, 0.3) is 0 Å². The summed E-state index contributed by atoms with van der Waals surface area (Å²) < 4.78 is 12.2. The average molecular weight is 458 g/mol. The van der Waals surface area contributed by atoms with E-state index in [1.54, 1.807) is 13.3 Å². The number of aromatic nitrogens is 1. The zero-order chi connectivity index (χ0) is 24.3. The minimum atomic E-state index is -0.488. The molecule has 0 fully saturated rings. The zero-order valence-electron chi connectivity index (χ0n) is 20.5. The number of pyridine rings is 1. The molecule has 0 amide bonds. The molecule has 1 aliphatic heterocycles. The van der Waals surface area contributed by atoms with Gasteiger partial charge in [-0.2, -0.15) is 0 Å². The van der Waals surface area contributed by atoms with E-state index in [-0.39, 0.29) is 22.4 Å². The van der Waals surface area contributed by atoms with Crippen LogP contribution in [0.1, 0.15) is 64.9 Å². The van der Waals surface area contributed by atoms with Crippen molar-refractivity contribution in [2.24, 2.45) is 10.8 Å². The number of allylic oxidation sites excluding steroid dienone is 4. The van der Waals surface area contributed by atoms with Gasteiger partial charge in [0.05, 0.1) is 13.0 Å². The Bertz CT molecular complexity index is 1200. The van der Waals surface area contributed by atoms with E-state index in [0.29, 0.717) is 54.1 Å². The number of benzene rings is 1. The Kier molecular flexibility index (Phi) is 5.27. The van der Waals surface area contributed by atoms with E-state index in [0.717, 1.165) is 16.7 Å². The third kappa shape index (κ3) is 3.87. The lowest BCUT2D eigenvalue weighted by molar-refractivity contribution is -0.120. The first-order valence-corrected chi connectivity index (χ1v) is 11.9. The van der Waals surface area contributed by atoms with Crippen molar-refractivity contribution in [3.63, 3.8) is 0 Å². The highest BCUT2D eigenvalue weighted by atomic mass is 16.5. The third-order valence-corrected chi connectivity index (χ3v) is 7.12. The van der Waals surface area contributed by atoms with Crippen molar-refractivity contribution >= 4 is 11.6 Å². The van der Waals surface area contributed by atoms with E-state index in [2.05, 4.69) is 32.7 Å². The number of ketones is 2. The van der Waals surface area contributed by atoms with Crippen LogP contribution in [-0.4, -0.2) is 23.7 Å². The number of carbonyl (C=O) groups is 2. The molecule has 0 radical (unpaired) electrons. The van der Waals surface area contributed by atoms with Crippen LogP contribution in [-0.2, 0) is 14.3 Å². The number of methoxy groups -OCH3 is 1. The second kappa shape index (κ2) is 7.93. The van der Waals surface area contributed by atoms with Crippen LogP contribution in [0.5, 0.6) is 5.75 Å². The van der Waals surface area contributed by atoms with Gasteiger partial charge in [0.1, 0.15) is 17.3 Å². The Morgan fingerprint density at radius 2 is 1.50 bits per heavy atom. The summed E-state index contributed by atoms with van der Waals surface area (Å²) in [5.74, 6) is 1.70. The van der Waals surface area contributed by atoms with Crippen molar-refractivity contribution < 1.29 is 19.1 Å². The van der Waals surface area contributed by atoms with E-state index < -0.39 is 5.92 Å². The number of hydrogen-bond acceptors (Lipinski definition) is 5. The van der Waals surface area contributed by atoms with Crippen LogP contribution in [0.2, 0.25) is 0 Å². The molecule has 3 aliphatic rings. The molecule has 2 aliphatic carbocycles. The predicted molar refractivity (Wildman–Crippen MR) is 130 cm³/mol. The summed E-state index contributed by atoms with van der Waals surface area (Å²) in [6.45, 7) is 8.38. The maximum absolute atomic E-state index is 13.6. The van der Waals surface area contributed by atoms with E-state index in [9.17, 15) is 9.59 Å². The summed E-state index contributed by atoms with van der Waals surface area (Å²) in [6.07, 6.45) is 5.75. The quantitative estimate of drug-likeness (QED) is 0.552. The summed E-state index contributed by atoms with van der Waals surface area (Å²) >= 11 is 0. The van der Waals surface area contributed by atoms with Crippen molar-refractivity contribution in [2.75, 3.05) is 7.11 Å². The van der Waals surface area contributed by atoms with Crippen LogP contribution in [0.4, 0.5) is 0 Å². The van der Waals surface area contributed by atoms with Crippen molar-refractivity contribution in [1.29, 1.82) is 0 Å². The summed E-state index contributed by atoms with van der Waals surface area (Å²) in [6, 6.07) is 9.85. The number of rotatable bonds is 3. The largest absolute Gasteiger partial charge is 0.496 e.